The summed E-state index contributed by atoms with van der Waals surface area (Å²) in [6, 6.07) is 4.85. The number of hydrogen-bond donors (Lipinski definition) is 0. The second kappa shape index (κ2) is 6.42. The molecule has 0 spiro atoms. The number of nitrogens with zero attached hydrogens (tertiary/aromatic N) is 3. The van der Waals surface area contributed by atoms with Crippen molar-refractivity contribution < 1.29 is 22.0 Å². The topological polar surface area (TPSA) is 30.7 Å². The molecule has 3 nitrogen and oxygen atoms in total. The molecular formula is C17H14F5N3. The number of halogens is 5. The standard InChI is InChI=1S/C17H14F5N3/c1-2-17(21,22)9-25-15-6-11(7-23-14(15)8-24-25)10-3-4-13(18)12(5-10)16(19)20/h3-8,16H,2,9H2,1H3. The quantitative estimate of drug-likeness (QED) is 0.588. The summed E-state index contributed by atoms with van der Waals surface area (Å²) in [6.45, 7) is 0.767. The SMILES string of the molecule is CCC(F)(F)Cn1ncc2ncc(-c3ccc(F)c(C(F)F)c3)cc21. The summed E-state index contributed by atoms with van der Waals surface area (Å²) >= 11 is 0. The van der Waals surface area contributed by atoms with Gasteiger partial charge in [0.05, 0.1) is 17.3 Å². The first-order valence-corrected chi connectivity index (χ1v) is 7.58. The Kier molecular flexibility index (Phi) is 4.45. The van der Waals surface area contributed by atoms with Gasteiger partial charge < -0.3 is 0 Å². The predicted octanol–water partition coefficient (Wildman–Crippen LogP) is 5.22. The van der Waals surface area contributed by atoms with E-state index in [1.165, 1.54) is 31.5 Å². The number of fused-ring (bicyclic) bond motifs is 1. The van der Waals surface area contributed by atoms with E-state index in [0.29, 0.717) is 22.2 Å². The summed E-state index contributed by atoms with van der Waals surface area (Å²) in [7, 11) is 0. The van der Waals surface area contributed by atoms with Crippen molar-refractivity contribution >= 4 is 11.0 Å². The average Bonchev–Trinajstić information content (AvgIpc) is 2.96. The Morgan fingerprint density at radius 1 is 1.12 bits per heavy atom. The molecule has 0 unspecified atom stereocenters. The molecule has 0 aliphatic rings. The molecule has 0 saturated heterocycles. The van der Waals surface area contributed by atoms with Crippen LogP contribution in [-0.4, -0.2) is 20.7 Å². The van der Waals surface area contributed by atoms with Crippen molar-refractivity contribution in [3.8, 4) is 11.1 Å². The van der Waals surface area contributed by atoms with Crippen LogP contribution >= 0.6 is 0 Å². The van der Waals surface area contributed by atoms with Crippen molar-refractivity contribution in [3.05, 3.63) is 48.0 Å². The number of pyridine rings is 1. The maximum atomic E-state index is 13.6. The minimum absolute atomic E-state index is 0.320. The fourth-order valence-electron chi connectivity index (χ4n) is 2.46. The highest BCUT2D eigenvalue weighted by Crippen LogP contribution is 2.30. The van der Waals surface area contributed by atoms with Crippen LogP contribution in [0.4, 0.5) is 22.0 Å². The van der Waals surface area contributed by atoms with E-state index in [-0.39, 0.29) is 6.42 Å². The van der Waals surface area contributed by atoms with Gasteiger partial charge in [-0.25, -0.2) is 22.0 Å². The van der Waals surface area contributed by atoms with Gasteiger partial charge in [-0.05, 0) is 23.8 Å². The first-order valence-electron chi connectivity index (χ1n) is 7.58. The molecule has 1 aromatic carbocycles. The van der Waals surface area contributed by atoms with Crippen molar-refractivity contribution in [2.75, 3.05) is 0 Å². The van der Waals surface area contributed by atoms with E-state index < -0.39 is 30.3 Å². The molecule has 0 aliphatic carbocycles. The molecule has 3 rings (SSSR count). The number of benzene rings is 1. The van der Waals surface area contributed by atoms with Gasteiger partial charge in [0.1, 0.15) is 17.9 Å². The lowest BCUT2D eigenvalue weighted by Crippen LogP contribution is -2.23. The highest BCUT2D eigenvalue weighted by molar-refractivity contribution is 5.80. The van der Waals surface area contributed by atoms with Crippen LogP contribution in [0.3, 0.4) is 0 Å². The van der Waals surface area contributed by atoms with Gasteiger partial charge in [-0.2, -0.15) is 5.10 Å². The van der Waals surface area contributed by atoms with E-state index >= 15 is 0 Å². The van der Waals surface area contributed by atoms with Gasteiger partial charge in [0.2, 0.25) is 0 Å². The molecule has 8 heteroatoms. The van der Waals surface area contributed by atoms with E-state index in [1.54, 1.807) is 0 Å². The fourth-order valence-corrected chi connectivity index (χ4v) is 2.46. The molecule has 3 aromatic rings. The Morgan fingerprint density at radius 3 is 2.56 bits per heavy atom. The summed E-state index contributed by atoms with van der Waals surface area (Å²) in [5.74, 6) is -3.92. The highest BCUT2D eigenvalue weighted by atomic mass is 19.3. The van der Waals surface area contributed by atoms with E-state index in [2.05, 4.69) is 10.1 Å². The first kappa shape index (κ1) is 17.3. The second-order valence-electron chi connectivity index (χ2n) is 5.68. The van der Waals surface area contributed by atoms with E-state index in [9.17, 15) is 22.0 Å². The number of hydrogen-bond acceptors (Lipinski definition) is 2. The Labute approximate surface area is 140 Å². The fraction of sp³-hybridized carbons (Fsp3) is 0.294. The zero-order valence-corrected chi connectivity index (χ0v) is 13.2. The summed E-state index contributed by atoms with van der Waals surface area (Å²) < 4.78 is 67.6. The lowest BCUT2D eigenvalue weighted by molar-refractivity contribution is -0.0217. The van der Waals surface area contributed by atoms with Crippen molar-refractivity contribution in [1.29, 1.82) is 0 Å². The number of rotatable bonds is 5. The zero-order valence-electron chi connectivity index (χ0n) is 13.2. The first-order chi connectivity index (χ1) is 11.8. The van der Waals surface area contributed by atoms with E-state index in [0.717, 1.165) is 16.8 Å². The normalized spacial score (nSPS) is 12.3. The van der Waals surface area contributed by atoms with Gasteiger partial charge >= 0.3 is 0 Å². The van der Waals surface area contributed by atoms with Gasteiger partial charge in [-0.1, -0.05) is 13.0 Å². The Hall–Kier alpha value is -2.51. The molecule has 2 aromatic heterocycles. The molecule has 0 saturated carbocycles. The van der Waals surface area contributed by atoms with Crippen LogP contribution in [0.5, 0.6) is 0 Å². The molecule has 0 bridgehead atoms. The third-order valence-electron chi connectivity index (χ3n) is 3.96. The second-order valence-corrected chi connectivity index (χ2v) is 5.68. The van der Waals surface area contributed by atoms with Crippen LogP contribution in [0, 0.1) is 5.82 Å². The van der Waals surface area contributed by atoms with Crippen molar-refractivity contribution in [3.63, 3.8) is 0 Å². The minimum Gasteiger partial charge on any atom is -0.257 e. The molecule has 0 aliphatic heterocycles. The summed E-state index contributed by atoms with van der Waals surface area (Å²) in [5.41, 5.74) is 0.779. The largest absolute Gasteiger partial charge is 0.267 e. The average molecular weight is 355 g/mol. The van der Waals surface area contributed by atoms with Gasteiger partial charge in [-0.3, -0.25) is 9.67 Å². The number of aromatic nitrogens is 3. The molecule has 2 heterocycles. The van der Waals surface area contributed by atoms with Crippen LogP contribution in [0.1, 0.15) is 25.3 Å². The highest BCUT2D eigenvalue weighted by Gasteiger charge is 2.28. The summed E-state index contributed by atoms with van der Waals surface area (Å²) in [6.07, 6.45) is -0.517. The molecule has 0 radical (unpaired) electrons. The Morgan fingerprint density at radius 2 is 1.88 bits per heavy atom. The van der Waals surface area contributed by atoms with E-state index in [1.807, 2.05) is 0 Å². The van der Waals surface area contributed by atoms with Gasteiger partial charge in [0.15, 0.2) is 0 Å². The molecule has 0 fully saturated rings. The van der Waals surface area contributed by atoms with Crippen LogP contribution in [0.25, 0.3) is 22.2 Å². The molecule has 0 amide bonds. The van der Waals surface area contributed by atoms with E-state index in [4.69, 9.17) is 0 Å². The monoisotopic (exact) mass is 355 g/mol. The Bertz CT molecular complexity index is 904. The maximum absolute atomic E-state index is 13.6. The van der Waals surface area contributed by atoms with Gasteiger partial charge in [0, 0.05) is 18.2 Å². The van der Waals surface area contributed by atoms with Gasteiger partial charge in [-0.15, -0.1) is 0 Å². The lowest BCUT2D eigenvalue weighted by atomic mass is 10.0. The number of alkyl halides is 4. The van der Waals surface area contributed by atoms with Crippen molar-refractivity contribution in [2.24, 2.45) is 0 Å². The molecule has 0 N–H and O–H groups in total. The van der Waals surface area contributed by atoms with Crippen molar-refractivity contribution in [1.82, 2.24) is 14.8 Å². The van der Waals surface area contributed by atoms with Crippen LogP contribution < -0.4 is 0 Å². The maximum Gasteiger partial charge on any atom is 0.267 e. The van der Waals surface area contributed by atoms with Crippen LogP contribution in [0.15, 0.2) is 36.7 Å². The summed E-state index contributed by atoms with van der Waals surface area (Å²) in [4.78, 5) is 4.12. The third-order valence-corrected chi connectivity index (χ3v) is 3.96. The van der Waals surface area contributed by atoms with Crippen LogP contribution in [0.2, 0.25) is 0 Å². The molecular weight excluding hydrogens is 341 g/mol. The lowest BCUT2D eigenvalue weighted by Gasteiger charge is -2.14. The van der Waals surface area contributed by atoms with Crippen LogP contribution in [-0.2, 0) is 6.54 Å². The summed E-state index contributed by atoms with van der Waals surface area (Å²) in [5, 5.41) is 3.92. The smallest absolute Gasteiger partial charge is 0.257 e. The molecule has 0 atom stereocenters. The van der Waals surface area contributed by atoms with Crippen molar-refractivity contribution in [2.45, 2.75) is 32.2 Å². The third kappa shape index (κ3) is 3.47. The molecule has 25 heavy (non-hydrogen) atoms. The predicted molar refractivity (Wildman–Crippen MR) is 83.1 cm³/mol. The zero-order chi connectivity index (χ0) is 18.2. The molecule has 132 valence electrons. The minimum atomic E-state index is -2.95. The Balaban J connectivity index is 2.05. The van der Waals surface area contributed by atoms with Gasteiger partial charge in [0.25, 0.3) is 12.3 Å².